The van der Waals surface area contributed by atoms with Gasteiger partial charge in [-0.3, -0.25) is 4.79 Å². The van der Waals surface area contributed by atoms with Crippen LogP contribution in [-0.4, -0.2) is 5.91 Å². The zero-order valence-electron chi connectivity index (χ0n) is 9.49. The number of carbonyl (C=O) groups excluding carboxylic acids is 1. The van der Waals surface area contributed by atoms with Crippen LogP contribution >= 0.6 is 11.6 Å². The number of para-hydroxylation sites is 1. The third-order valence-electron chi connectivity index (χ3n) is 2.40. The molecule has 4 heteroatoms. The highest BCUT2D eigenvalue weighted by Crippen LogP contribution is 2.14. The van der Waals surface area contributed by atoms with Gasteiger partial charge in [0, 0.05) is 5.02 Å². The van der Waals surface area contributed by atoms with Gasteiger partial charge in [0.1, 0.15) is 5.82 Å². The maximum Gasteiger partial charge on any atom is 0.228 e. The van der Waals surface area contributed by atoms with Gasteiger partial charge in [-0.1, -0.05) is 35.9 Å². The zero-order valence-corrected chi connectivity index (χ0v) is 10.2. The first-order chi connectivity index (χ1) is 8.65. The largest absolute Gasteiger partial charge is 0.323 e. The number of halogens is 2. The lowest BCUT2D eigenvalue weighted by Crippen LogP contribution is -2.15. The molecule has 2 aromatic carbocycles. The van der Waals surface area contributed by atoms with Gasteiger partial charge >= 0.3 is 0 Å². The van der Waals surface area contributed by atoms with Crippen LogP contribution in [0.5, 0.6) is 0 Å². The number of benzene rings is 2. The predicted octanol–water partition coefficient (Wildman–Crippen LogP) is 3.66. The number of hydrogen-bond acceptors (Lipinski definition) is 1. The highest BCUT2D eigenvalue weighted by atomic mass is 35.5. The van der Waals surface area contributed by atoms with Gasteiger partial charge in [-0.15, -0.1) is 0 Å². The smallest absolute Gasteiger partial charge is 0.228 e. The van der Waals surface area contributed by atoms with E-state index in [1.165, 1.54) is 12.1 Å². The van der Waals surface area contributed by atoms with E-state index in [9.17, 15) is 9.18 Å². The van der Waals surface area contributed by atoms with Crippen LogP contribution in [0.15, 0.2) is 48.5 Å². The summed E-state index contributed by atoms with van der Waals surface area (Å²) < 4.78 is 13.3. The minimum absolute atomic E-state index is 0.162. The first-order valence-electron chi connectivity index (χ1n) is 5.44. The van der Waals surface area contributed by atoms with Crippen LogP contribution in [0.2, 0.25) is 5.02 Å². The van der Waals surface area contributed by atoms with Gasteiger partial charge in [0.15, 0.2) is 0 Å². The van der Waals surface area contributed by atoms with Crippen LogP contribution in [0.1, 0.15) is 5.56 Å². The normalized spacial score (nSPS) is 10.1. The highest BCUT2D eigenvalue weighted by molar-refractivity contribution is 6.30. The fourth-order valence-electron chi connectivity index (χ4n) is 1.59. The van der Waals surface area contributed by atoms with E-state index in [0.717, 1.165) is 5.56 Å². The number of hydrogen-bond donors (Lipinski definition) is 1. The summed E-state index contributed by atoms with van der Waals surface area (Å²) in [6, 6.07) is 13.1. The van der Waals surface area contributed by atoms with Crippen molar-refractivity contribution in [1.82, 2.24) is 0 Å². The number of amides is 1. The Labute approximate surface area is 109 Å². The molecule has 0 aromatic heterocycles. The Balaban J connectivity index is 2.03. The van der Waals surface area contributed by atoms with Gasteiger partial charge < -0.3 is 5.32 Å². The SMILES string of the molecule is O=C(Cc1cccc(Cl)c1)Nc1ccccc1F. The Morgan fingerprint density at radius 2 is 1.94 bits per heavy atom. The van der Waals surface area contributed by atoms with Crippen LogP contribution in [0.25, 0.3) is 0 Å². The van der Waals surface area contributed by atoms with Crippen molar-refractivity contribution in [3.8, 4) is 0 Å². The minimum atomic E-state index is -0.447. The molecule has 2 nitrogen and oxygen atoms in total. The molecule has 0 aliphatic rings. The van der Waals surface area contributed by atoms with Crippen molar-refractivity contribution in [2.45, 2.75) is 6.42 Å². The summed E-state index contributed by atoms with van der Waals surface area (Å²) in [5.74, 6) is -0.723. The van der Waals surface area contributed by atoms with Crippen molar-refractivity contribution >= 4 is 23.2 Å². The van der Waals surface area contributed by atoms with E-state index in [-0.39, 0.29) is 18.0 Å². The molecule has 0 saturated heterocycles. The van der Waals surface area contributed by atoms with Gasteiger partial charge in [-0.25, -0.2) is 4.39 Å². The second-order valence-electron chi connectivity index (χ2n) is 3.83. The lowest BCUT2D eigenvalue weighted by molar-refractivity contribution is -0.115. The monoisotopic (exact) mass is 263 g/mol. The van der Waals surface area contributed by atoms with Gasteiger partial charge in [-0.05, 0) is 29.8 Å². The van der Waals surface area contributed by atoms with Crippen molar-refractivity contribution in [2.24, 2.45) is 0 Å². The molecule has 2 aromatic rings. The second kappa shape index (κ2) is 5.65. The summed E-state index contributed by atoms with van der Waals surface area (Å²) in [6.07, 6.45) is 0.162. The quantitative estimate of drug-likeness (QED) is 0.900. The number of anilines is 1. The molecule has 1 amide bonds. The van der Waals surface area contributed by atoms with E-state index in [0.29, 0.717) is 5.02 Å². The van der Waals surface area contributed by atoms with Crippen LogP contribution in [0.3, 0.4) is 0 Å². The molecule has 0 spiro atoms. The Bertz CT molecular complexity index is 571. The van der Waals surface area contributed by atoms with Gasteiger partial charge in [-0.2, -0.15) is 0 Å². The lowest BCUT2D eigenvalue weighted by atomic mass is 10.1. The lowest BCUT2D eigenvalue weighted by Gasteiger charge is -2.06. The Hall–Kier alpha value is -1.87. The van der Waals surface area contributed by atoms with Crippen LogP contribution in [-0.2, 0) is 11.2 Å². The molecule has 0 radical (unpaired) electrons. The van der Waals surface area contributed by atoms with Crippen molar-refractivity contribution in [1.29, 1.82) is 0 Å². The highest BCUT2D eigenvalue weighted by Gasteiger charge is 2.07. The molecule has 0 bridgehead atoms. The molecule has 0 heterocycles. The van der Waals surface area contributed by atoms with Crippen molar-refractivity contribution in [3.63, 3.8) is 0 Å². The maximum absolute atomic E-state index is 13.3. The predicted molar refractivity (Wildman–Crippen MR) is 70.2 cm³/mol. The first kappa shape index (κ1) is 12.6. The average molecular weight is 264 g/mol. The summed E-state index contributed by atoms with van der Waals surface area (Å²) in [7, 11) is 0. The molecule has 0 fully saturated rings. The summed E-state index contributed by atoms with van der Waals surface area (Å²) in [4.78, 5) is 11.7. The van der Waals surface area contributed by atoms with E-state index < -0.39 is 5.82 Å². The van der Waals surface area contributed by atoms with E-state index in [4.69, 9.17) is 11.6 Å². The molecule has 0 aliphatic carbocycles. The zero-order chi connectivity index (χ0) is 13.0. The second-order valence-corrected chi connectivity index (χ2v) is 4.27. The summed E-state index contributed by atoms with van der Waals surface area (Å²) >= 11 is 5.82. The van der Waals surface area contributed by atoms with E-state index in [1.807, 2.05) is 0 Å². The molecule has 18 heavy (non-hydrogen) atoms. The molecular weight excluding hydrogens is 253 g/mol. The molecule has 0 unspecified atom stereocenters. The molecule has 0 saturated carbocycles. The third-order valence-corrected chi connectivity index (χ3v) is 2.64. The average Bonchev–Trinajstić information content (AvgIpc) is 2.32. The standard InChI is InChI=1S/C14H11ClFNO/c15-11-5-3-4-10(8-11)9-14(18)17-13-7-2-1-6-12(13)16/h1-8H,9H2,(H,17,18). The Kier molecular flexibility index (Phi) is 3.95. The topological polar surface area (TPSA) is 29.1 Å². The summed E-state index contributed by atoms with van der Waals surface area (Å²) in [5.41, 5.74) is 0.973. The molecule has 0 aliphatic heterocycles. The number of rotatable bonds is 3. The number of carbonyl (C=O) groups is 1. The molecular formula is C14H11ClFNO. The van der Waals surface area contributed by atoms with Crippen LogP contribution in [0, 0.1) is 5.82 Å². The van der Waals surface area contributed by atoms with Gasteiger partial charge in [0.25, 0.3) is 0 Å². The number of nitrogens with one attached hydrogen (secondary N) is 1. The van der Waals surface area contributed by atoms with Crippen molar-refractivity contribution in [2.75, 3.05) is 5.32 Å². The summed E-state index contributed by atoms with van der Waals surface area (Å²) in [6.45, 7) is 0. The fraction of sp³-hybridized carbons (Fsp3) is 0.0714. The fourth-order valence-corrected chi connectivity index (χ4v) is 1.80. The minimum Gasteiger partial charge on any atom is -0.323 e. The van der Waals surface area contributed by atoms with Crippen LogP contribution in [0.4, 0.5) is 10.1 Å². The molecule has 0 atom stereocenters. The van der Waals surface area contributed by atoms with Crippen molar-refractivity contribution in [3.05, 3.63) is 64.9 Å². The van der Waals surface area contributed by atoms with E-state index >= 15 is 0 Å². The van der Waals surface area contributed by atoms with Crippen molar-refractivity contribution < 1.29 is 9.18 Å². The first-order valence-corrected chi connectivity index (χ1v) is 5.82. The van der Waals surface area contributed by atoms with Gasteiger partial charge in [0.05, 0.1) is 12.1 Å². The third kappa shape index (κ3) is 3.31. The maximum atomic E-state index is 13.3. The van der Waals surface area contributed by atoms with E-state index in [1.54, 1.807) is 36.4 Å². The molecule has 1 N–H and O–H groups in total. The van der Waals surface area contributed by atoms with Gasteiger partial charge in [0.2, 0.25) is 5.91 Å². The Morgan fingerprint density at radius 3 is 2.67 bits per heavy atom. The van der Waals surface area contributed by atoms with E-state index in [2.05, 4.69) is 5.32 Å². The molecule has 2 rings (SSSR count). The molecule has 92 valence electrons. The summed E-state index contributed by atoms with van der Waals surface area (Å²) in [5, 5.41) is 3.10. The Morgan fingerprint density at radius 1 is 1.17 bits per heavy atom. The van der Waals surface area contributed by atoms with Crippen LogP contribution < -0.4 is 5.32 Å².